The quantitative estimate of drug-likeness (QED) is 0.251. The normalized spacial score (nSPS) is 23.1. The molecule has 9 nitrogen and oxygen atoms in total. The third-order valence-corrected chi connectivity index (χ3v) is 11.4. The lowest BCUT2D eigenvalue weighted by Crippen LogP contribution is -2.43. The highest BCUT2D eigenvalue weighted by molar-refractivity contribution is 7.89. The van der Waals surface area contributed by atoms with Crippen LogP contribution in [0, 0.1) is 0 Å². The minimum atomic E-state index is -3.16. The summed E-state index contributed by atoms with van der Waals surface area (Å²) in [6.07, 6.45) is 11.3. The molecule has 3 N–H and O–H groups in total. The summed E-state index contributed by atoms with van der Waals surface area (Å²) in [5.41, 5.74) is 5.22. The number of likely N-dealkylation sites (tertiary alicyclic amines) is 1. The van der Waals surface area contributed by atoms with Crippen LogP contribution in [-0.2, 0) is 21.2 Å². The van der Waals surface area contributed by atoms with E-state index < -0.39 is 10.0 Å². The van der Waals surface area contributed by atoms with Crippen molar-refractivity contribution >= 4 is 37.8 Å². The fourth-order valence-corrected chi connectivity index (χ4v) is 7.98. The van der Waals surface area contributed by atoms with E-state index >= 15 is 0 Å². The van der Waals surface area contributed by atoms with Gasteiger partial charge in [0.15, 0.2) is 0 Å². The van der Waals surface area contributed by atoms with Crippen LogP contribution in [0.3, 0.4) is 0 Å². The lowest BCUT2D eigenvalue weighted by molar-refractivity contribution is -0.000264. The molecule has 3 atom stereocenters. The first-order valence-corrected chi connectivity index (χ1v) is 17.5. The van der Waals surface area contributed by atoms with Gasteiger partial charge in [0, 0.05) is 59.1 Å². The van der Waals surface area contributed by atoms with Gasteiger partial charge in [0.2, 0.25) is 10.0 Å². The second-order valence-electron chi connectivity index (χ2n) is 12.8. The molecule has 2 aromatic heterocycles. The Morgan fingerprint density at radius 1 is 0.932 bits per heavy atom. The highest BCUT2D eigenvalue weighted by Crippen LogP contribution is 2.36. The Balaban J connectivity index is 0.000000156. The molecule has 2 bridgehead atoms. The molecule has 3 saturated heterocycles. The standard InChI is InChI=1S/C17H25N3O2S.C17H20N2O2/c1-18-23(21,22)10-7-13-3-4-17-15(11-13)16(12-19-17)14-5-8-20(2)9-6-14;1-19-11-6-7-12(19)9-13(8-11)21-17(20)15-10-18-16-5-3-2-4-14(15)16/h3-4,11-12,14,18-19H,5-10H2,1-2H3;2-5,10-13,18H,6-9H2,1H3/t;11-,12+,13?. The SMILES string of the molecule is CN1[C@@H]2CC[C@H]1CC(OC(=O)c1c[nH]c3ccccc13)C2.CNS(=O)(=O)CCc1ccc2[nH]cc(C3CCN(C)CC3)c2c1. The van der Waals surface area contributed by atoms with Crippen molar-refractivity contribution < 1.29 is 17.9 Å². The largest absolute Gasteiger partial charge is 0.459 e. The lowest BCUT2D eigenvalue weighted by Gasteiger charge is -2.35. The number of aryl methyl sites for hydroxylation is 1. The van der Waals surface area contributed by atoms with Crippen LogP contribution in [0.2, 0.25) is 0 Å². The van der Waals surface area contributed by atoms with Crippen molar-refractivity contribution in [3.05, 3.63) is 71.5 Å². The summed E-state index contributed by atoms with van der Waals surface area (Å²) in [6, 6.07) is 15.3. The number of hydrogen-bond acceptors (Lipinski definition) is 6. The van der Waals surface area contributed by atoms with Crippen LogP contribution in [0.15, 0.2) is 54.9 Å². The molecule has 0 spiro atoms. The number of hydrogen-bond donors (Lipinski definition) is 3. The zero-order chi connectivity index (χ0) is 30.8. The maximum atomic E-state index is 12.4. The Bertz CT molecular complexity index is 1690. The number of piperidine rings is 2. The van der Waals surface area contributed by atoms with E-state index in [1.54, 1.807) is 6.20 Å². The molecule has 2 aromatic carbocycles. The molecule has 1 unspecified atom stereocenters. The molecule has 0 radical (unpaired) electrons. The number of H-pyrrole nitrogens is 2. The minimum absolute atomic E-state index is 0.0693. The molecule has 0 saturated carbocycles. The predicted octanol–water partition coefficient (Wildman–Crippen LogP) is 5.02. The number of rotatable bonds is 7. The Hall–Kier alpha value is -3.18. The van der Waals surface area contributed by atoms with Crippen molar-refractivity contribution in [1.82, 2.24) is 24.5 Å². The van der Waals surface area contributed by atoms with Gasteiger partial charge in [0.05, 0.1) is 11.3 Å². The first-order chi connectivity index (χ1) is 21.2. The van der Waals surface area contributed by atoms with Gasteiger partial charge < -0.3 is 24.5 Å². The van der Waals surface area contributed by atoms with E-state index in [0.29, 0.717) is 30.0 Å². The van der Waals surface area contributed by atoms with E-state index in [9.17, 15) is 13.2 Å². The summed E-state index contributed by atoms with van der Waals surface area (Å²) in [5.74, 6) is 0.529. The van der Waals surface area contributed by atoms with Crippen LogP contribution in [0.1, 0.15) is 65.9 Å². The average Bonchev–Trinajstić information content (AvgIpc) is 3.70. The highest BCUT2D eigenvalue weighted by Gasteiger charge is 2.40. The summed E-state index contributed by atoms with van der Waals surface area (Å²) >= 11 is 0. The summed E-state index contributed by atoms with van der Waals surface area (Å²) in [7, 11) is 2.67. The third kappa shape index (κ3) is 6.73. The van der Waals surface area contributed by atoms with Crippen LogP contribution in [-0.4, -0.2) is 92.3 Å². The van der Waals surface area contributed by atoms with Crippen molar-refractivity contribution in [2.24, 2.45) is 0 Å². The molecule has 3 aliphatic heterocycles. The van der Waals surface area contributed by atoms with Gasteiger partial charge in [0.1, 0.15) is 6.10 Å². The summed E-state index contributed by atoms with van der Waals surface area (Å²) in [6.45, 7) is 2.27. The number of fused-ring (bicyclic) bond motifs is 4. The first-order valence-electron chi connectivity index (χ1n) is 15.9. The monoisotopic (exact) mass is 619 g/mol. The number of sulfonamides is 1. The molecule has 7 rings (SSSR count). The molecule has 5 heterocycles. The number of nitrogens with one attached hydrogen (secondary N) is 3. The molecule has 0 aliphatic carbocycles. The first kappa shape index (κ1) is 30.8. The minimum Gasteiger partial charge on any atom is -0.459 e. The molecule has 3 aliphatic rings. The Labute approximate surface area is 260 Å². The maximum absolute atomic E-state index is 12.4. The molecule has 10 heteroatoms. The van der Waals surface area contributed by atoms with Crippen LogP contribution in [0.25, 0.3) is 21.8 Å². The van der Waals surface area contributed by atoms with E-state index in [4.69, 9.17) is 4.74 Å². The van der Waals surface area contributed by atoms with Gasteiger partial charge in [-0.05, 0) is 102 Å². The van der Waals surface area contributed by atoms with Crippen molar-refractivity contribution in [2.45, 2.75) is 69.1 Å². The Morgan fingerprint density at radius 3 is 2.34 bits per heavy atom. The van der Waals surface area contributed by atoms with Crippen LogP contribution >= 0.6 is 0 Å². The fraction of sp³-hybridized carbons (Fsp3) is 0.500. The number of benzene rings is 2. The van der Waals surface area contributed by atoms with E-state index in [1.807, 2.05) is 30.3 Å². The number of esters is 1. The molecule has 44 heavy (non-hydrogen) atoms. The molecule has 0 amide bonds. The number of para-hydroxylation sites is 1. The van der Waals surface area contributed by atoms with E-state index in [0.717, 1.165) is 47.9 Å². The summed E-state index contributed by atoms with van der Waals surface area (Å²) in [5, 5.41) is 2.19. The topological polar surface area (TPSA) is 111 Å². The molecule has 236 valence electrons. The second kappa shape index (κ2) is 13.0. The zero-order valence-electron chi connectivity index (χ0n) is 26.0. The smallest absolute Gasteiger partial charge is 0.340 e. The van der Waals surface area contributed by atoms with Gasteiger partial charge in [0.25, 0.3) is 0 Å². The van der Waals surface area contributed by atoms with Crippen molar-refractivity contribution in [1.29, 1.82) is 0 Å². The maximum Gasteiger partial charge on any atom is 0.340 e. The highest BCUT2D eigenvalue weighted by atomic mass is 32.2. The van der Waals surface area contributed by atoms with Crippen LogP contribution in [0.5, 0.6) is 0 Å². The Kier molecular flexibility index (Phi) is 9.14. The van der Waals surface area contributed by atoms with Crippen molar-refractivity contribution in [3.63, 3.8) is 0 Å². The summed E-state index contributed by atoms with van der Waals surface area (Å²) < 4.78 is 31.4. The van der Waals surface area contributed by atoms with Crippen molar-refractivity contribution in [3.8, 4) is 0 Å². The number of carbonyl (C=O) groups excluding carboxylic acids is 1. The second-order valence-corrected chi connectivity index (χ2v) is 14.8. The number of aromatic amines is 2. The zero-order valence-corrected chi connectivity index (χ0v) is 26.8. The number of carbonyl (C=O) groups is 1. The van der Waals surface area contributed by atoms with Gasteiger partial charge in [-0.1, -0.05) is 24.3 Å². The van der Waals surface area contributed by atoms with E-state index in [1.165, 1.54) is 43.7 Å². The number of aromatic nitrogens is 2. The van der Waals surface area contributed by atoms with Crippen LogP contribution < -0.4 is 4.72 Å². The van der Waals surface area contributed by atoms with Gasteiger partial charge in [-0.2, -0.15) is 0 Å². The van der Waals surface area contributed by atoms with Crippen molar-refractivity contribution in [2.75, 3.05) is 40.0 Å². The van der Waals surface area contributed by atoms with Gasteiger partial charge >= 0.3 is 5.97 Å². The van der Waals surface area contributed by atoms with Gasteiger partial charge in [-0.15, -0.1) is 0 Å². The molecule has 4 aromatic rings. The number of ether oxygens (including phenoxy) is 1. The van der Waals surface area contributed by atoms with E-state index in [-0.39, 0.29) is 17.8 Å². The molecular weight excluding hydrogens is 574 g/mol. The Morgan fingerprint density at radius 2 is 1.61 bits per heavy atom. The van der Waals surface area contributed by atoms with Gasteiger partial charge in [-0.25, -0.2) is 17.9 Å². The van der Waals surface area contributed by atoms with Crippen LogP contribution in [0.4, 0.5) is 0 Å². The molecule has 3 fully saturated rings. The average molecular weight is 620 g/mol. The van der Waals surface area contributed by atoms with E-state index in [2.05, 4.69) is 56.9 Å². The predicted molar refractivity (Wildman–Crippen MR) is 176 cm³/mol. The summed E-state index contributed by atoms with van der Waals surface area (Å²) in [4.78, 5) is 23.8. The van der Waals surface area contributed by atoms with Gasteiger partial charge in [-0.3, -0.25) is 0 Å². The molecular formula is C34H45N5O4S. The third-order valence-electron chi connectivity index (χ3n) is 10.0. The number of nitrogens with zero attached hydrogens (tertiary/aromatic N) is 2. The fourth-order valence-electron chi connectivity index (χ4n) is 7.27. The lowest BCUT2D eigenvalue weighted by atomic mass is 9.89.